The topological polar surface area (TPSA) is 45.5 Å². The van der Waals surface area contributed by atoms with Crippen molar-refractivity contribution in [2.24, 2.45) is 4.99 Å². The lowest BCUT2D eigenvalue weighted by Gasteiger charge is -2.21. The second kappa shape index (κ2) is 9.25. The summed E-state index contributed by atoms with van der Waals surface area (Å²) in [6.45, 7) is 1.72. The van der Waals surface area contributed by atoms with Gasteiger partial charge in [-0.2, -0.15) is 16.9 Å². The Morgan fingerprint density at radius 1 is 1.35 bits per heavy atom. The highest BCUT2D eigenvalue weighted by atomic mass is 32.2. The van der Waals surface area contributed by atoms with Crippen molar-refractivity contribution in [3.05, 3.63) is 48.3 Å². The number of hydrogen-bond acceptors (Lipinski definition) is 3. The Kier molecular flexibility index (Phi) is 7.00. The van der Waals surface area contributed by atoms with E-state index in [0.717, 1.165) is 42.5 Å². The van der Waals surface area contributed by atoms with Gasteiger partial charge in [0.05, 0.1) is 11.9 Å². The lowest BCUT2D eigenvalue weighted by molar-refractivity contribution is 0.477. The molecule has 0 amide bonds. The van der Waals surface area contributed by atoms with E-state index in [2.05, 4.69) is 32.8 Å². The Labute approximate surface area is 142 Å². The summed E-state index contributed by atoms with van der Waals surface area (Å²) in [5.74, 6) is 2.08. The molecule has 1 heterocycles. The van der Waals surface area contributed by atoms with Gasteiger partial charge in [-0.05, 0) is 30.6 Å². The third-order valence-corrected chi connectivity index (χ3v) is 4.16. The van der Waals surface area contributed by atoms with Gasteiger partial charge in [0, 0.05) is 38.9 Å². The van der Waals surface area contributed by atoms with Crippen molar-refractivity contribution in [1.82, 2.24) is 20.0 Å². The standard InChI is InChI=1S/C17H25N5S/c1-18-17(19-10-7-11-23-3)21(2)13-15-12-20-22(14-15)16-8-5-4-6-9-16/h4-6,8-9,12,14H,7,10-11,13H2,1-3H3,(H,18,19). The molecule has 0 radical (unpaired) electrons. The summed E-state index contributed by atoms with van der Waals surface area (Å²) in [6, 6.07) is 10.1. The molecule has 0 fully saturated rings. The van der Waals surface area contributed by atoms with Gasteiger partial charge in [-0.3, -0.25) is 4.99 Å². The molecule has 124 valence electrons. The first-order valence-corrected chi connectivity index (χ1v) is 9.13. The molecule has 0 bridgehead atoms. The van der Waals surface area contributed by atoms with Crippen molar-refractivity contribution in [2.45, 2.75) is 13.0 Å². The van der Waals surface area contributed by atoms with Gasteiger partial charge in [0.1, 0.15) is 0 Å². The molecule has 0 aliphatic rings. The van der Waals surface area contributed by atoms with E-state index in [1.54, 1.807) is 0 Å². The molecule has 23 heavy (non-hydrogen) atoms. The number of benzene rings is 1. The molecule has 0 aliphatic carbocycles. The molecule has 0 saturated heterocycles. The molecule has 0 unspecified atom stereocenters. The molecule has 0 atom stereocenters. The first kappa shape index (κ1) is 17.4. The van der Waals surface area contributed by atoms with Gasteiger partial charge >= 0.3 is 0 Å². The first-order valence-electron chi connectivity index (χ1n) is 7.74. The number of aliphatic imine (C=N–C) groups is 1. The normalized spacial score (nSPS) is 11.5. The van der Waals surface area contributed by atoms with Crippen LogP contribution in [-0.2, 0) is 6.54 Å². The molecule has 1 aromatic carbocycles. The number of hydrogen-bond donors (Lipinski definition) is 1. The van der Waals surface area contributed by atoms with Crippen LogP contribution in [0.3, 0.4) is 0 Å². The number of aromatic nitrogens is 2. The Morgan fingerprint density at radius 3 is 2.83 bits per heavy atom. The SMILES string of the molecule is CN=C(NCCCSC)N(C)Cc1cnn(-c2ccccc2)c1. The highest BCUT2D eigenvalue weighted by Crippen LogP contribution is 2.09. The summed E-state index contributed by atoms with van der Waals surface area (Å²) in [5, 5.41) is 7.84. The molecular formula is C17H25N5S. The van der Waals surface area contributed by atoms with Crippen LogP contribution in [0.5, 0.6) is 0 Å². The lowest BCUT2D eigenvalue weighted by Crippen LogP contribution is -2.38. The van der Waals surface area contributed by atoms with Crippen LogP contribution in [-0.4, -0.2) is 53.3 Å². The Balaban J connectivity index is 1.92. The lowest BCUT2D eigenvalue weighted by atomic mass is 10.3. The van der Waals surface area contributed by atoms with E-state index in [9.17, 15) is 0 Å². The third kappa shape index (κ3) is 5.32. The minimum Gasteiger partial charge on any atom is -0.356 e. The molecule has 0 aliphatic heterocycles. The molecule has 2 rings (SSSR count). The maximum atomic E-state index is 4.44. The fraction of sp³-hybridized carbons (Fsp3) is 0.412. The van der Waals surface area contributed by atoms with Crippen LogP contribution < -0.4 is 5.32 Å². The van der Waals surface area contributed by atoms with Gasteiger partial charge in [0.15, 0.2) is 5.96 Å². The van der Waals surface area contributed by atoms with Crippen molar-refractivity contribution < 1.29 is 0 Å². The largest absolute Gasteiger partial charge is 0.356 e. The second-order valence-corrected chi connectivity index (χ2v) is 6.29. The minimum atomic E-state index is 0.773. The fourth-order valence-corrected chi connectivity index (χ4v) is 2.75. The van der Waals surface area contributed by atoms with E-state index in [0.29, 0.717) is 0 Å². The maximum Gasteiger partial charge on any atom is 0.193 e. The van der Waals surface area contributed by atoms with Gasteiger partial charge < -0.3 is 10.2 Å². The summed E-state index contributed by atoms with van der Waals surface area (Å²) >= 11 is 1.87. The Morgan fingerprint density at radius 2 is 2.13 bits per heavy atom. The van der Waals surface area contributed by atoms with Crippen LogP contribution in [0.2, 0.25) is 0 Å². The van der Waals surface area contributed by atoms with E-state index in [1.165, 1.54) is 0 Å². The van der Waals surface area contributed by atoms with Crippen LogP contribution in [0.1, 0.15) is 12.0 Å². The van der Waals surface area contributed by atoms with Crippen molar-refractivity contribution in [2.75, 3.05) is 32.6 Å². The van der Waals surface area contributed by atoms with E-state index in [-0.39, 0.29) is 0 Å². The average molecular weight is 331 g/mol. The van der Waals surface area contributed by atoms with Gasteiger partial charge in [0.25, 0.3) is 0 Å². The van der Waals surface area contributed by atoms with Crippen molar-refractivity contribution in [3.63, 3.8) is 0 Å². The van der Waals surface area contributed by atoms with Crippen LogP contribution in [0, 0.1) is 0 Å². The van der Waals surface area contributed by atoms with Crippen molar-refractivity contribution in [3.8, 4) is 5.69 Å². The smallest absolute Gasteiger partial charge is 0.193 e. The quantitative estimate of drug-likeness (QED) is 0.481. The minimum absolute atomic E-state index is 0.773. The molecular weight excluding hydrogens is 306 g/mol. The van der Waals surface area contributed by atoms with Gasteiger partial charge in [-0.25, -0.2) is 4.68 Å². The van der Waals surface area contributed by atoms with E-state index in [1.807, 2.05) is 67.1 Å². The van der Waals surface area contributed by atoms with Crippen LogP contribution >= 0.6 is 11.8 Å². The number of nitrogens with zero attached hydrogens (tertiary/aromatic N) is 4. The number of nitrogens with one attached hydrogen (secondary N) is 1. The number of rotatable bonds is 7. The van der Waals surface area contributed by atoms with E-state index >= 15 is 0 Å². The molecule has 5 nitrogen and oxygen atoms in total. The molecule has 1 aromatic heterocycles. The maximum absolute atomic E-state index is 4.44. The zero-order valence-electron chi connectivity index (χ0n) is 14.1. The Bertz CT molecular complexity index is 608. The first-order chi connectivity index (χ1) is 11.2. The fourth-order valence-electron chi connectivity index (χ4n) is 2.31. The molecule has 6 heteroatoms. The van der Waals surface area contributed by atoms with E-state index < -0.39 is 0 Å². The molecule has 0 saturated carbocycles. The average Bonchev–Trinajstić information content (AvgIpc) is 3.04. The zero-order chi connectivity index (χ0) is 16.5. The highest BCUT2D eigenvalue weighted by molar-refractivity contribution is 7.98. The van der Waals surface area contributed by atoms with Gasteiger partial charge in [-0.15, -0.1) is 0 Å². The molecule has 2 aromatic rings. The van der Waals surface area contributed by atoms with Crippen LogP contribution in [0.4, 0.5) is 0 Å². The van der Waals surface area contributed by atoms with Crippen LogP contribution in [0.25, 0.3) is 5.69 Å². The van der Waals surface area contributed by atoms with Crippen molar-refractivity contribution in [1.29, 1.82) is 0 Å². The van der Waals surface area contributed by atoms with Crippen LogP contribution in [0.15, 0.2) is 47.7 Å². The van der Waals surface area contributed by atoms with Crippen molar-refractivity contribution >= 4 is 17.7 Å². The highest BCUT2D eigenvalue weighted by Gasteiger charge is 2.08. The summed E-state index contributed by atoms with van der Waals surface area (Å²) in [5.41, 5.74) is 2.23. The van der Waals surface area contributed by atoms with E-state index in [4.69, 9.17) is 0 Å². The summed E-state index contributed by atoms with van der Waals surface area (Å²) in [4.78, 5) is 6.46. The predicted octanol–water partition coefficient (Wildman–Crippen LogP) is 2.63. The monoisotopic (exact) mass is 331 g/mol. The zero-order valence-corrected chi connectivity index (χ0v) is 14.9. The predicted molar refractivity (Wildman–Crippen MR) is 99.4 cm³/mol. The third-order valence-electron chi connectivity index (χ3n) is 3.46. The summed E-state index contributed by atoms with van der Waals surface area (Å²) < 4.78 is 1.90. The summed E-state index contributed by atoms with van der Waals surface area (Å²) in [7, 11) is 3.87. The molecule has 0 spiro atoms. The second-order valence-electron chi connectivity index (χ2n) is 5.31. The van der Waals surface area contributed by atoms with Gasteiger partial charge in [0.2, 0.25) is 0 Å². The number of guanidine groups is 1. The Hall–Kier alpha value is -1.95. The summed E-state index contributed by atoms with van der Waals surface area (Å²) in [6.07, 6.45) is 7.24. The number of thioether (sulfide) groups is 1. The number of para-hydroxylation sites is 1. The van der Waals surface area contributed by atoms with Gasteiger partial charge in [-0.1, -0.05) is 18.2 Å². The molecule has 1 N–H and O–H groups in total.